The molecule has 0 saturated carbocycles. The Balaban J connectivity index is 2.32. The molecule has 0 fully saturated rings. The van der Waals surface area contributed by atoms with Crippen LogP contribution in [-0.4, -0.2) is 12.8 Å². The summed E-state index contributed by atoms with van der Waals surface area (Å²) in [7, 11) is 10.4. The molecule has 0 rings (SSSR count). The molecule has 0 saturated heterocycles. The normalized spacial score (nSPS) is 9.00. The molecule has 0 nitrogen and oxygen atoms in total. The molecule has 0 aliphatic carbocycles. The zero-order valence-corrected chi connectivity index (χ0v) is 5.59. The van der Waals surface area contributed by atoms with Crippen LogP contribution in [0.1, 0.15) is 0 Å². The first-order valence-electron chi connectivity index (χ1n) is 0.785. The molecule has 0 atom stereocenters. The third kappa shape index (κ3) is 11.1. The third-order valence-electron chi connectivity index (χ3n) is 0. The maximum atomic E-state index is 5.19. The van der Waals surface area contributed by atoms with Crippen LogP contribution >= 0.6 is 19.9 Å². The van der Waals surface area contributed by atoms with E-state index in [9.17, 15) is 0 Å². The van der Waals surface area contributed by atoms with E-state index < -0.39 is 12.8 Å². The second kappa shape index (κ2) is 2.38. The molecule has 0 unspecified atom stereocenters. The fraction of sp³-hybridized carbons (Fsp3) is 1.00. The van der Waals surface area contributed by atoms with E-state index in [1.54, 1.807) is 0 Å². The fourth-order valence-corrected chi connectivity index (χ4v) is 0. The van der Waals surface area contributed by atoms with Crippen LogP contribution in [0.4, 0.5) is 0 Å². The van der Waals surface area contributed by atoms with Crippen LogP contribution in [0, 0.1) is 0 Å². The van der Waals surface area contributed by atoms with Gasteiger partial charge in [-0.1, -0.05) is 0 Å². The molecule has 0 aliphatic heterocycles. The Bertz CT molecular complexity index is 10.8. The average Bonchev–Trinajstić information content (AvgIpc) is 0.811. The van der Waals surface area contributed by atoms with Gasteiger partial charge >= 0.3 is 38.4 Å². The zero-order chi connectivity index (χ0) is 3.58. The van der Waals surface area contributed by atoms with Crippen molar-refractivity contribution in [3.63, 3.8) is 0 Å². The van der Waals surface area contributed by atoms with Crippen molar-refractivity contribution in [3.05, 3.63) is 0 Å². The van der Waals surface area contributed by atoms with E-state index in [2.05, 4.69) is 0 Å². The summed E-state index contributed by atoms with van der Waals surface area (Å²) in [5.41, 5.74) is 1.84. The number of halogens is 2. The van der Waals surface area contributed by atoms with E-state index in [0.717, 1.165) is 0 Å². The van der Waals surface area contributed by atoms with Crippen molar-refractivity contribution in [3.8, 4) is 0 Å². The summed E-state index contributed by atoms with van der Waals surface area (Å²) in [5.74, 6) is 0. The molecule has 0 bridgehead atoms. The van der Waals surface area contributed by atoms with Crippen molar-refractivity contribution in [2.45, 2.75) is 5.71 Å². The van der Waals surface area contributed by atoms with Crippen LogP contribution in [0.2, 0.25) is 5.71 Å². The number of rotatable bonds is 0. The van der Waals surface area contributed by atoms with Gasteiger partial charge < -0.3 is 0 Å². The van der Waals surface area contributed by atoms with Crippen LogP contribution < -0.4 is 0 Å². The summed E-state index contributed by atoms with van der Waals surface area (Å²) in [4.78, 5) is 0. The monoisotopic (exact) mass is 160 g/mol. The third-order valence-corrected chi connectivity index (χ3v) is 0. The second-order valence-corrected chi connectivity index (χ2v) is 8.26. The van der Waals surface area contributed by atoms with E-state index >= 15 is 0 Å². The molecule has 0 aromatic carbocycles. The Kier molecular flexibility index (Phi) is 3.06. The Hall–Kier alpha value is 1.14. The fourth-order valence-electron chi connectivity index (χ4n) is 0. The molecule has 0 amide bonds. The van der Waals surface area contributed by atoms with Crippen molar-refractivity contribution in [1.82, 2.24) is 0 Å². The Morgan fingerprint density at radius 2 is 1.50 bits per heavy atom. The second-order valence-electron chi connectivity index (χ2n) is 0.402. The van der Waals surface area contributed by atoms with Crippen molar-refractivity contribution in [2.75, 3.05) is 0 Å². The molecule has 0 N–H and O–H groups in total. The molecule has 0 radical (unpaired) electrons. The van der Waals surface area contributed by atoms with E-state index in [1.807, 2.05) is 5.71 Å². The Morgan fingerprint density at radius 3 is 1.50 bits per heavy atom. The molecule has 0 aliphatic rings. The molecule has 4 heavy (non-hydrogen) atoms. The minimum absolute atomic E-state index is 1.24. The van der Waals surface area contributed by atoms with Gasteiger partial charge in [-0.3, -0.25) is 0 Å². The first-order valence-corrected chi connectivity index (χ1v) is 7.59. The van der Waals surface area contributed by atoms with Gasteiger partial charge in [-0.05, 0) is 0 Å². The summed E-state index contributed by atoms with van der Waals surface area (Å²) in [5, 5.41) is 0. The van der Waals surface area contributed by atoms with Gasteiger partial charge in [-0.25, -0.2) is 0 Å². The Labute approximate surface area is 38.7 Å². The molecule has 3 heteroatoms. The summed E-state index contributed by atoms with van der Waals surface area (Å²) in [6.45, 7) is 0. The van der Waals surface area contributed by atoms with Crippen LogP contribution in [0.25, 0.3) is 0 Å². The van der Waals surface area contributed by atoms with Crippen molar-refractivity contribution >= 4 is 32.7 Å². The van der Waals surface area contributed by atoms with Gasteiger partial charge in [0.25, 0.3) is 0 Å². The maximum absolute atomic E-state index is 5.19. The molecule has 0 heterocycles. The van der Waals surface area contributed by atoms with E-state index in [-0.39, 0.29) is 0 Å². The standard InChI is InChI=1S/CH3AsCl2/c1-2(3)4/h1H3. The van der Waals surface area contributed by atoms with E-state index in [0.29, 0.717) is 0 Å². The van der Waals surface area contributed by atoms with Crippen LogP contribution in [0.5, 0.6) is 0 Å². The average molecular weight is 161 g/mol. The van der Waals surface area contributed by atoms with E-state index in [1.165, 1.54) is 0 Å². The molecule has 0 aromatic rings. The van der Waals surface area contributed by atoms with Crippen LogP contribution in [-0.2, 0) is 0 Å². The summed E-state index contributed by atoms with van der Waals surface area (Å²) < 4.78 is 0. The summed E-state index contributed by atoms with van der Waals surface area (Å²) >= 11 is -1.24. The van der Waals surface area contributed by atoms with Crippen molar-refractivity contribution < 1.29 is 0 Å². The number of hydrogen-bond acceptors (Lipinski definition) is 0. The first-order chi connectivity index (χ1) is 1.73. The van der Waals surface area contributed by atoms with Gasteiger partial charge in [0, 0.05) is 0 Å². The zero-order valence-electron chi connectivity index (χ0n) is 2.20. The van der Waals surface area contributed by atoms with Gasteiger partial charge in [-0.15, -0.1) is 0 Å². The van der Waals surface area contributed by atoms with Gasteiger partial charge in [0.1, 0.15) is 0 Å². The van der Waals surface area contributed by atoms with Crippen LogP contribution in [0.3, 0.4) is 0 Å². The predicted molar refractivity (Wildman–Crippen MR) is 23.3 cm³/mol. The predicted octanol–water partition coefficient (Wildman–Crippen LogP) is 1.58. The number of hydrogen-bond donors (Lipinski definition) is 0. The first kappa shape index (κ1) is 5.14. The Morgan fingerprint density at radius 1 is 1.50 bits per heavy atom. The van der Waals surface area contributed by atoms with Gasteiger partial charge in [-0.2, -0.15) is 0 Å². The van der Waals surface area contributed by atoms with Gasteiger partial charge in [0.05, 0.1) is 0 Å². The minimum atomic E-state index is -1.24. The van der Waals surface area contributed by atoms with Crippen LogP contribution in [0.15, 0.2) is 0 Å². The summed E-state index contributed by atoms with van der Waals surface area (Å²) in [6, 6.07) is 0. The molecular formula is CH3AsCl2. The molecule has 26 valence electrons. The van der Waals surface area contributed by atoms with E-state index in [4.69, 9.17) is 19.9 Å². The van der Waals surface area contributed by atoms with Gasteiger partial charge in [0.15, 0.2) is 0 Å². The SMILES string of the molecule is C[As](Cl)Cl. The molecular weight excluding hydrogens is 158 g/mol. The van der Waals surface area contributed by atoms with Crippen molar-refractivity contribution in [1.29, 1.82) is 0 Å². The summed E-state index contributed by atoms with van der Waals surface area (Å²) in [6.07, 6.45) is 0. The molecule has 0 aromatic heterocycles. The molecule has 0 spiro atoms. The topological polar surface area (TPSA) is 0 Å². The quantitative estimate of drug-likeness (QED) is 0.473. The van der Waals surface area contributed by atoms with Gasteiger partial charge in [0.2, 0.25) is 0 Å². The van der Waals surface area contributed by atoms with Crippen molar-refractivity contribution in [2.24, 2.45) is 0 Å².